The first-order valence-electron chi connectivity index (χ1n) is 3.06. The predicted molar refractivity (Wildman–Crippen MR) is 44.6 cm³/mol. The summed E-state index contributed by atoms with van der Waals surface area (Å²) in [6.07, 6.45) is 2.74. The molecule has 5 heteroatoms. The van der Waals surface area contributed by atoms with Crippen LogP contribution in [0.25, 0.3) is 0 Å². The summed E-state index contributed by atoms with van der Waals surface area (Å²) in [6.45, 7) is 1.41. The topological polar surface area (TPSA) is 51.8 Å². The second-order valence-electron chi connectivity index (χ2n) is 2.41. The number of anilines is 1. The molecule has 0 amide bonds. The van der Waals surface area contributed by atoms with Crippen LogP contribution in [0.1, 0.15) is 12.5 Å². The SMILES string of the molecule is CC(F)(P)c1cnc(N)nc1. The van der Waals surface area contributed by atoms with E-state index in [1.807, 2.05) is 0 Å². The highest BCUT2D eigenvalue weighted by atomic mass is 31.0. The van der Waals surface area contributed by atoms with E-state index in [1.54, 1.807) is 0 Å². The molecule has 2 atom stereocenters. The molecule has 0 radical (unpaired) electrons. The molecule has 0 aromatic carbocycles. The van der Waals surface area contributed by atoms with E-state index in [0.717, 1.165) is 0 Å². The first-order valence-corrected chi connectivity index (χ1v) is 3.63. The predicted octanol–water partition coefficient (Wildman–Crippen LogP) is 1.08. The molecule has 0 aliphatic heterocycles. The van der Waals surface area contributed by atoms with Crippen LogP contribution in [0.2, 0.25) is 0 Å². The summed E-state index contributed by atoms with van der Waals surface area (Å²) in [4.78, 5) is 7.32. The molecular weight excluding hydrogens is 164 g/mol. The van der Waals surface area contributed by atoms with Crippen molar-refractivity contribution in [1.82, 2.24) is 9.97 Å². The Morgan fingerprint density at radius 3 is 2.36 bits per heavy atom. The number of rotatable bonds is 1. The molecule has 1 aromatic rings. The molecule has 0 bridgehead atoms. The molecule has 0 spiro atoms. The Balaban J connectivity index is 2.99. The lowest BCUT2D eigenvalue weighted by atomic mass is 10.2. The van der Waals surface area contributed by atoms with Crippen molar-refractivity contribution in [3.05, 3.63) is 18.0 Å². The van der Waals surface area contributed by atoms with Crippen molar-refractivity contribution >= 4 is 15.2 Å². The van der Waals surface area contributed by atoms with Crippen LogP contribution in [0.4, 0.5) is 10.3 Å². The minimum absolute atomic E-state index is 0.156. The van der Waals surface area contributed by atoms with Crippen LogP contribution in [-0.4, -0.2) is 9.97 Å². The normalized spacial score (nSPS) is 15.9. The van der Waals surface area contributed by atoms with Crippen molar-refractivity contribution in [3.8, 4) is 0 Å². The van der Waals surface area contributed by atoms with Gasteiger partial charge in [-0.2, -0.15) is 0 Å². The third kappa shape index (κ3) is 2.09. The van der Waals surface area contributed by atoms with Crippen molar-refractivity contribution in [3.63, 3.8) is 0 Å². The van der Waals surface area contributed by atoms with E-state index in [4.69, 9.17) is 5.73 Å². The van der Waals surface area contributed by atoms with Crippen LogP contribution in [-0.2, 0) is 5.41 Å². The molecule has 11 heavy (non-hydrogen) atoms. The zero-order valence-corrected chi connectivity index (χ0v) is 7.24. The van der Waals surface area contributed by atoms with Crippen molar-refractivity contribution < 1.29 is 4.39 Å². The standard InChI is InChI=1S/C6H9FN3P/c1-6(7,11)4-2-9-5(8)10-3-4/h2-3H,11H2,1H3,(H2,8,9,10). The number of aromatic nitrogens is 2. The number of nitrogens with zero attached hydrogens (tertiary/aromatic N) is 2. The summed E-state index contributed by atoms with van der Waals surface area (Å²) in [5.41, 5.74) is 5.62. The molecule has 2 unspecified atom stereocenters. The summed E-state index contributed by atoms with van der Waals surface area (Å²) >= 11 is 0. The highest BCUT2D eigenvalue weighted by molar-refractivity contribution is 7.18. The Kier molecular flexibility index (Phi) is 2.05. The number of nitrogen functional groups attached to an aromatic ring is 1. The second kappa shape index (κ2) is 2.70. The van der Waals surface area contributed by atoms with Gasteiger partial charge in [0.15, 0.2) is 0 Å². The van der Waals surface area contributed by atoms with E-state index in [0.29, 0.717) is 5.56 Å². The average molecular weight is 173 g/mol. The van der Waals surface area contributed by atoms with Gasteiger partial charge in [-0.15, -0.1) is 0 Å². The number of nitrogens with two attached hydrogens (primary N) is 1. The molecule has 0 aliphatic rings. The third-order valence-corrected chi connectivity index (χ3v) is 1.57. The molecule has 1 heterocycles. The quantitative estimate of drug-likeness (QED) is 0.646. The van der Waals surface area contributed by atoms with Gasteiger partial charge in [0.25, 0.3) is 0 Å². The third-order valence-electron chi connectivity index (χ3n) is 1.24. The minimum Gasteiger partial charge on any atom is -0.368 e. The molecule has 0 saturated heterocycles. The van der Waals surface area contributed by atoms with Crippen LogP contribution in [0.15, 0.2) is 12.4 Å². The zero-order valence-electron chi connectivity index (χ0n) is 6.08. The van der Waals surface area contributed by atoms with Crippen LogP contribution in [0.3, 0.4) is 0 Å². The Labute approximate surface area is 66.4 Å². The Hall–Kier alpha value is -0.760. The van der Waals surface area contributed by atoms with E-state index >= 15 is 0 Å². The lowest BCUT2D eigenvalue weighted by Gasteiger charge is -2.12. The maximum absolute atomic E-state index is 13.1. The maximum Gasteiger partial charge on any atom is 0.219 e. The summed E-state index contributed by atoms with van der Waals surface area (Å²) in [6, 6.07) is 0. The van der Waals surface area contributed by atoms with E-state index < -0.39 is 5.41 Å². The first-order chi connectivity index (χ1) is 5.00. The van der Waals surface area contributed by atoms with Gasteiger partial charge < -0.3 is 5.73 Å². The maximum atomic E-state index is 13.1. The number of hydrogen-bond acceptors (Lipinski definition) is 3. The van der Waals surface area contributed by atoms with Crippen molar-refractivity contribution in [1.29, 1.82) is 0 Å². The van der Waals surface area contributed by atoms with E-state index in [2.05, 4.69) is 19.2 Å². The van der Waals surface area contributed by atoms with Gasteiger partial charge in [-0.05, 0) is 6.92 Å². The highest BCUT2D eigenvalue weighted by Gasteiger charge is 2.19. The van der Waals surface area contributed by atoms with Gasteiger partial charge in [-0.1, -0.05) is 9.24 Å². The van der Waals surface area contributed by atoms with E-state index in [-0.39, 0.29) is 5.95 Å². The Morgan fingerprint density at radius 2 is 2.00 bits per heavy atom. The van der Waals surface area contributed by atoms with Crippen LogP contribution in [0, 0.1) is 0 Å². The molecular formula is C6H9FN3P. The van der Waals surface area contributed by atoms with Gasteiger partial charge in [0.2, 0.25) is 5.95 Å². The first kappa shape index (κ1) is 8.34. The molecule has 1 rings (SSSR count). The lowest BCUT2D eigenvalue weighted by molar-refractivity contribution is 0.322. The fourth-order valence-electron chi connectivity index (χ4n) is 0.590. The van der Waals surface area contributed by atoms with Gasteiger partial charge in [0, 0.05) is 18.0 Å². The molecule has 2 N–H and O–H groups in total. The molecule has 0 aliphatic carbocycles. The highest BCUT2D eigenvalue weighted by Crippen LogP contribution is 2.31. The second-order valence-corrected chi connectivity index (χ2v) is 3.49. The average Bonchev–Trinajstić information content (AvgIpc) is 1.86. The minimum atomic E-state index is -1.48. The summed E-state index contributed by atoms with van der Waals surface area (Å²) < 4.78 is 13.1. The van der Waals surface area contributed by atoms with Gasteiger partial charge in [-0.25, -0.2) is 14.4 Å². The van der Waals surface area contributed by atoms with Gasteiger partial charge in [0.05, 0.1) is 0 Å². The van der Waals surface area contributed by atoms with Gasteiger partial charge >= 0.3 is 0 Å². The molecule has 60 valence electrons. The molecule has 1 aromatic heterocycles. The smallest absolute Gasteiger partial charge is 0.219 e. The number of hydrogen-bond donors (Lipinski definition) is 1. The van der Waals surface area contributed by atoms with Crippen LogP contribution < -0.4 is 5.73 Å². The van der Waals surface area contributed by atoms with Crippen LogP contribution in [0.5, 0.6) is 0 Å². The largest absolute Gasteiger partial charge is 0.368 e. The van der Waals surface area contributed by atoms with Crippen LogP contribution >= 0.6 is 9.24 Å². The lowest BCUT2D eigenvalue weighted by Crippen LogP contribution is -2.06. The monoisotopic (exact) mass is 173 g/mol. The van der Waals surface area contributed by atoms with Crippen molar-refractivity contribution in [2.75, 3.05) is 5.73 Å². The molecule has 0 saturated carbocycles. The summed E-state index contributed by atoms with van der Waals surface area (Å²) in [5.74, 6) is 0.156. The number of alkyl halides is 1. The Bertz CT molecular complexity index is 241. The molecule has 0 fully saturated rings. The van der Waals surface area contributed by atoms with E-state index in [9.17, 15) is 4.39 Å². The van der Waals surface area contributed by atoms with Crippen molar-refractivity contribution in [2.24, 2.45) is 0 Å². The molecule has 3 nitrogen and oxygen atoms in total. The zero-order chi connectivity index (χ0) is 8.48. The fourth-order valence-corrected chi connectivity index (χ4v) is 0.740. The van der Waals surface area contributed by atoms with Crippen molar-refractivity contribution in [2.45, 2.75) is 12.3 Å². The number of halogens is 1. The summed E-state index contributed by atoms with van der Waals surface area (Å²) in [5, 5.41) is -1.48. The van der Waals surface area contributed by atoms with Gasteiger partial charge in [0.1, 0.15) is 5.41 Å². The van der Waals surface area contributed by atoms with Gasteiger partial charge in [-0.3, -0.25) is 0 Å². The van der Waals surface area contributed by atoms with E-state index in [1.165, 1.54) is 19.3 Å². The fraction of sp³-hybridized carbons (Fsp3) is 0.333. The summed E-state index contributed by atoms with van der Waals surface area (Å²) in [7, 11) is 2.06. The Morgan fingerprint density at radius 1 is 1.55 bits per heavy atom.